The second-order valence-electron chi connectivity index (χ2n) is 5.67. The van der Waals surface area contributed by atoms with Gasteiger partial charge in [-0.05, 0) is 43.5 Å². The molecule has 2 unspecified atom stereocenters. The Morgan fingerprint density at radius 1 is 1.33 bits per heavy atom. The van der Waals surface area contributed by atoms with Crippen LogP contribution in [0.2, 0.25) is 0 Å². The van der Waals surface area contributed by atoms with Crippen molar-refractivity contribution >= 4 is 5.69 Å². The predicted molar refractivity (Wildman–Crippen MR) is 82.7 cm³/mol. The van der Waals surface area contributed by atoms with Gasteiger partial charge in [0.1, 0.15) is 5.82 Å². The molecule has 0 aliphatic carbocycles. The van der Waals surface area contributed by atoms with Crippen LogP contribution in [0.3, 0.4) is 0 Å². The lowest BCUT2D eigenvalue weighted by Gasteiger charge is -2.26. The number of nitrogens with two attached hydrogens (primary N) is 1. The van der Waals surface area contributed by atoms with Crippen molar-refractivity contribution < 1.29 is 4.39 Å². The molecule has 0 saturated heterocycles. The van der Waals surface area contributed by atoms with Crippen LogP contribution in [-0.4, -0.2) is 17.6 Å². The van der Waals surface area contributed by atoms with Gasteiger partial charge in [-0.25, -0.2) is 4.39 Å². The van der Waals surface area contributed by atoms with E-state index in [4.69, 9.17) is 5.73 Å². The molecular formula is C17H20FN3. The number of benzene rings is 1. The van der Waals surface area contributed by atoms with Crippen LogP contribution < -0.4 is 10.6 Å². The van der Waals surface area contributed by atoms with E-state index in [1.165, 1.54) is 23.5 Å². The van der Waals surface area contributed by atoms with E-state index >= 15 is 0 Å². The zero-order chi connectivity index (χ0) is 14.8. The number of fused-ring (bicyclic) bond motifs is 1. The lowest BCUT2D eigenvalue weighted by Crippen LogP contribution is -2.32. The second-order valence-corrected chi connectivity index (χ2v) is 5.67. The van der Waals surface area contributed by atoms with E-state index in [-0.39, 0.29) is 11.9 Å². The SMILES string of the molecule is CC1Cc2ccccc2N1CCC(N)c1ccc(F)cn1. The van der Waals surface area contributed by atoms with Gasteiger partial charge in [0.05, 0.1) is 11.9 Å². The molecule has 21 heavy (non-hydrogen) atoms. The highest BCUT2D eigenvalue weighted by atomic mass is 19.1. The molecule has 0 saturated carbocycles. The molecule has 110 valence electrons. The predicted octanol–water partition coefficient (Wildman–Crippen LogP) is 3.06. The van der Waals surface area contributed by atoms with Gasteiger partial charge in [0.25, 0.3) is 0 Å². The summed E-state index contributed by atoms with van der Waals surface area (Å²) in [4.78, 5) is 6.47. The Bertz CT molecular complexity index is 612. The van der Waals surface area contributed by atoms with Crippen molar-refractivity contribution in [2.75, 3.05) is 11.4 Å². The molecule has 0 radical (unpaired) electrons. The first-order valence-electron chi connectivity index (χ1n) is 7.36. The van der Waals surface area contributed by atoms with Gasteiger partial charge in [0, 0.05) is 24.3 Å². The fraction of sp³-hybridized carbons (Fsp3) is 0.353. The lowest BCUT2D eigenvalue weighted by molar-refractivity contribution is 0.575. The van der Waals surface area contributed by atoms with Crippen LogP contribution >= 0.6 is 0 Å². The molecule has 4 heteroatoms. The molecule has 0 fully saturated rings. The first-order chi connectivity index (χ1) is 10.1. The van der Waals surface area contributed by atoms with Gasteiger partial charge in [-0.2, -0.15) is 0 Å². The summed E-state index contributed by atoms with van der Waals surface area (Å²) in [7, 11) is 0. The molecule has 1 aliphatic heterocycles. The molecule has 1 aromatic carbocycles. The third-order valence-corrected chi connectivity index (χ3v) is 4.16. The highest BCUT2D eigenvalue weighted by Gasteiger charge is 2.25. The maximum Gasteiger partial charge on any atom is 0.141 e. The van der Waals surface area contributed by atoms with Crippen LogP contribution in [0.15, 0.2) is 42.6 Å². The van der Waals surface area contributed by atoms with Gasteiger partial charge in [-0.15, -0.1) is 0 Å². The molecule has 2 aromatic rings. The van der Waals surface area contributed by atoms with Crippen LogP contribution in [-0.2, 0) is 6.42 Å². The summed E-state index contributed by atoms with van der Waals surface area (Å²) in [6.45, 7) is 3.13. The first-order valence-corrected chi connectivity index (χ1v) is 7.36. The number of rotatable bonds is 4. The number of para-hydroxylation sites is 1. The maximum absolute atomic E-state index is 12.9. The van der Waals surface area contributed by atoms with Gasteiger partial charge < -0.3 is 10.6 Å². The van der Waals surface area contributed by atoms with Crippen molar-refractivity contribution in [2.24, 2.45) is 5.73 Å². The minimum Gasteiger partial charge on any atom is -0.368 e. The molecule has 1 aliphatic rings. The Labute approximate surface area is 124 Å². The van der Waals surface area contributed by atoms with Crippen molar-refractivity contribution in [3.63, 3.8) is 0 Å². The number of hydrogen-bond donors (Lipinski definition) is 1. The van der Waals surface area contributed by atoms with Gasteiger partial charge in [-0.3, -0.25) is 4.98 Å². The largest absolute Gasteiger partial charge is 0.368 e. The van der Waals surface area contributed by atoms with Crippen molar-refractivity contribution in [1.82, 2.24) is 4.98 Å². The second kappa shape index (κ2) is 5.82. The number of aromatic nitrogens is 1. The highest BCUT2D eigenvalue weighted by Crippen LogP contribution is 2.32. The van der Waals surface area contributed by atoms with Crippen molar-refractivity contribution in [2.45, 2.75) is 31.8 Å². The van der Waals surface area contributed by atoms with E-state index in [0.717, 1.165) is 25.1 Å². The smallest absolute Gasteiger partial charge is 0.141 e. The summed E-state index contributed by atoms with van der Waals surface area (Å²) in [5.41, 5.74) is 9.63. The van der Waals surface area contributed by atoms with E-state index in [1.54, 1.807) is 6.07 Å². The maximum atomic E-state index is 12.9. The summed E-state index contributed by atoms with van der Waals surface area (Å²) < 4.78 is 12.9. The lowest BCUT2D eigenvalue weighted by atomic mass is 10.1. The van der Waals surface area contributed by atoms with Crippen LogP contribution in [0.4, 0.5) is 10.1 Å². The fourth-order valence-electron chi connectivity index (χ4n) is 3.00. The molecule has 2 heterocycles. The Morgan fingerprint density at radius 3 is 2.90 bits per heavy atom. The van der Waals surface area contributed by atoms with E-state index in [1.807, 2.05) is 0 Å². The summed E-state index contributed by atoms with van der Waals surface area (Å²) in [5, 5.41) is 0. The molecule has 3 rings (SSSR count). The third kappa shape index (κ3) is 2.90. The van der Waals surface area contributed by atoms with Gasteiger partial charge in [-0.1, -0.05) is 18.2 Å². The van der Waals surface area contributed by atoms with Gasteiger partial charge >= 0.3 is 0 Å². The summed E-state index contributed by atoms with van der Waals surface area (Å²) in [5.74, 6) is -0.326. The third-order valence-electron chi connectivity index (χ3n) is 4.16. The summed E-state index contributed by atoms with van der Waals surface area (Å²) in [6, 6.07) is 11.9. The van der Waals surface area contributed by atoms with Crippen molar-refractivity contribution in [1.29, 1.82) is 0 Å². The number of hydrogen-bond acceptors (Lipinski definition) is 3. The Kier molecular flexibility index (Phi) is 3.88. The Morgan fingerprint density at radius 2 is 2.14 bits per heavy atom. The van der Waals surface area contributed by atoms with Gasteiger partial charge in [0.2, 0.25) is 0 Å². The van der Waals surface area contributed by atoms with Gasteiger partial charge in [0.15, 0.2) is 0 Å². The molecule has 0 bridgehead atoms. The quantitative estimate of drug-likeness (QED) is 0.938. The molecule has 3 nitrogen and oxygen atoms in total. The van der Waals surface area contributed by atoms with Crippen molar-refractivity contribution in [3.8, 4) is 0 Å². The summed E-state index contributed by atoms with van der Waals surface area (Å²) >= 11 is 0. The Hall–Kier alpha value is -1.94. The number of pyridine rings is 1. The molecule has 1 aromatic heterocycles. The molecule has 0 amide bonds. The molecule has 2 atom stereocenters. The van der Waals surface area contributed by atoms with E-state index in [2.05, 4.69) is 41.1 Å². The fourth-order valence-corrected chi connectivity index (χ4v) is 3.00. The zero-order valence-corrected chi connectivity index (χ0v) is 12.2. The van der Waals surface area contributed by atoms with Crippen LogP contribution in [0, 0.1) is 5.82 Å². The standard InChI is InChI=1S/C17H20FN3/c1-12-10-13-4-2-3-5-17(13)21(12)9-8-15(19)16-7-6-14(18)11-20-16/h2-7,11-12,15H,8-10,19H2,1H3. The van der Waals surface area contributed by atoms with Crippen LogP contribution in [0.5, 0.6) is 0 Å². The minimum absolute atomic E-state index is 0.162. The summed E-state index contributed by atoms with van der Waals surface area (Å²) in [6.07, 6.45) is 3.11. The van der Waals surface area contributed by atoms with E-state index in [9.17, 15) is 4.39 Å². The molecule has 2 N–H and O–H groups in total. The monoisotopic (exact) mass is 285 g/mol. The first kappa shape index (κ1) is 14.0. The topological polar surface area (TPSA) is 42.1 Å². The average molecular weight is 285 g/mol. The highest BCUT2D eigenvalue weighted by molar-refractivity contribution is 5.59. The Balaban J connectivity index is 1.66. The molecular weight excluding hydrogens is 265 g/mol. The number of halogens is 1. The average Bonchev–Trinajstić information content (AvgIpc) is 2.81. The van der Waals surface area contributed by atoms with Crippen LogP contribution in [0.1, 0.15) is 30.6 Å². The number of anilines is 1. The normalized spacial score (nSPS) is 18.6. The minimum atomic E-state index is -0.326. The molecule has 0 spiro atoms. The van der Waals surface area contributed by atoms with E-state index in [0.29, 0.717) is 6.04 Å². The van der Waals surface area contributed by atoms with Crippen LogP contribution in [0.25, 0.3) is 0 Å². The van der Waals surface area contributed by atoms with E-state index < -0.39 is 0 Å². The van der Waals surface area contributed by atoms with Crippen molar-refractivity contribution in [3.05, 3.63) is 59.7 Å². The zero-order valence-electron chi connectivity index (χ0n) is 12.2. The number of nitrogens with zero attached hydrogens (tertiary/aromatic N) is 2.